The smallest absolute Gasteiger partial charge is 0.264 e. The number of rotatable bonds is 13. The van der Waals surface area contributed by atoms with Crippen molar-refractivity contribution in [1.29, 1.82) is 0 Å². The van der Waals surface area contributed by atoms with Crippen LogP contribution in [0.5, 0.6) is 11.5 Å². The summed E-state index contributed by atoms with van der Waals surface area (Å²) in [4.78, 5) is 29.2. The molecule has 1 N–H and O–H groups in total. The lowest BCUT2D eigenvalue weighted by Crippen LogP contribution is -2.53. The molecule has 0 saturated carbocycles. The maximum atomic E-state index is 14.4. The Bertz CT molecular complexity index is 1740. The molecule has 0 saturated heterocycles. The standard InChI is InChI=1S/C33H33Cl2N3O6S/c1-36-33(40)29(18-23-10-6-4-7-11-23)37(21-24-14-15-25(34)19-28(24)35)32(39)22-38(45(41,42)27-12-8-5-9-13-27)26-16-17-30(43-2)31(20-26)44-3/h4-17,19-20,29H,18,21-22H2,1-3H3,(H,36,40)/t29-/m1/s1. The highest BCUT2D eigenvalue weighted by molar-refractivity contribution is 7.92. The molecule has 2 amide bonds. The summed E-state index contributed by atoms with van der Waals surface area (Å²) < 4.78 is 40.0. The summed E-state index contributed by atoms with van der Waals surface area (Å²) in [5.74, 6) is -0.417. The molecule has 0 aliphatic rings. The number of benzene rings is 4. The lowest BCUT2D eigenvalue weighted by molar-refractivity contribution is -0.139. The lowest BCUT2D eigenvalue weighted by atomic mass is 10.0. The maximum Gasteiger partial charge on any atom is 0.264 e. The number of anilines is 1. The summed E-state index contributed by atoms with van der Waals surface area (Å²) >= 11 is 12.6. The minimum absolute atomic E-state index is 0.0213. The predicted octanol–water partition coefficient (Wildman–Crippen LogP) is 5.59. The highest BCUT2D eigenvalue weighted by atomic mass is 35.5. The number of ether oxygens (including phenoxy) is 2. The number of carbonyl (C=O) groups is 2. The van der Waals surface area contributed by atoms with Gasteiger partial charge >= 0.3 is 0 Å². The summed E-state index contributed by atoms with van der Waals surface area (Å²) in [6.07, 6.45) is 0.166. The molecule has 0 aliphatic carbocycles. The number of likely N-dealkylation sites (N-methyl/N-ethyl adjacent to an activating group) is 1. The van der Waals surface area contributed by atoms with Gasteiger partial charge in [0.25, 0.3) is 10.0 Å². The third-order valence-corrected chi connectivity index (χ3v) is 9.51. The quantitative estimate of drug-likeness (QED) is 0.199. The van der Waals surface area contributed by atoms with E-state index in [4.69, 9.17) is 32.7 Å². The topological polar surface area (TPSA) is 105 Å². The molecule has 4 aromatic rings. The van der Waals surface area contributed by atoms with E-state index in [0.29, 0.717) is 21.4 Å². The molecule has 4 aromatic carbocycles. The zero-order valence-electron chi connectivity index (χ0n) is 24.9. The first kappa shape index (κ1) is 33.6. The van der Waals surface area contributed by atoms with Crippen LogP contribution in [0.3, 0.4) is 0 Å². The van der Waals surface area contributed by atoms with Crippen molar-refractivity contribution in [2.24, 2.45) is 0 Å². The van der Waals surface area contributed by atoms with Gasteiger partial charge in [-0.15, -0.1) is 0 Å². The molecule has 1 atom stereocenters. The van der Waals surface area contributed by atoms with E-state index in [-0.39, 0.29) is 29.3 Å². The molecule has 0 spiro atoms. The average molecular weight is 671 g/mol. The SMILES string of the molecule is CNC(=O)[C@@H](Cc1ccccc1)N(Cc1ccc(Cl)cc1Cl)C(=O)CN(c1ccc(OC)c(OC)c1)S(=O)(=O)c1ccccc1. The molecular formula is C33H33Cl2N3O6S. The Morgan fingerprint density at radius 1 is 0.844 bits per heavy atom. The van der Waals surface area contributed by atoms with Gasteiger partial charge in [0.2, 0.25) is 11.8 Å². The molecule has 45 heavy (non-hydrogen) atoms. The van der Waals surface area contributed by atoms with E-state index in [1.165, 1.54) is 50.4 Å². The monoisotopic (exact) mass is 669 g/mol. The molecule has 0 unspecified atom stereocenters. The van der Waals surface area contributed by atoms with Gasteiger partial charge < -0.3 is 19.7 Å². The van der Waals surface area contributed by atoms with Crippen molar-refractivity contribution in [2.75, 3.05) is 32.1 Å². The number of nitrogens with one attached hydrogen (secondary N) is 1. The number of methoxy groups -OCH3 is 2. The molecule has 0 radical (unpaired) electrons. The number of hydrogen-bond acceptors (Lipinski definition) is 6. The molecule has 4 rings (SSSR count). The third-order valence-electron chi connectivity index (χ3n) is 7.14. The van der Waals surface area contributed by atoms with Crippen LogP contribution in [0.4, 0.5) is 5.69 Å². The van der Waals surface area contributed by atoms with Gasteiger partial charge in [-0.2, -0.15) is 0 Å². The van der Waals surface area contributed by atoms with E-state index in [1.54, 1.807) is 42.5 Å². The van der Waals surface area contributed by atoms with Crippen LogP contribution in [0.25, 0.3) is 0 Å². The summed E-state index contributed by atoms with van der Waals surface area (Å²) in [5, 5.41) is 3.35. The summed E-state index contributed by atoms with van der Waals surface area (Å²) in [6.45, 7) is -0.731. The second-order valence-corrected chi connectivity index (χ2v) is 12.6. The van der Waals surface area contributed by atoms with Crippen LogP contribution in [-0.4, -0.2) is 59.0 Å². The van der Waals surface area contributed by atoms with Crippen molar-refractivity contribution in [1.82, 2.24) is 10.2 Å². The number of nitrogens with zero attached hydrogens (tertiary/aromatic N) is 2. The molecule has 0 aromatic heterocycles. The van der Waals surface area contributed by atoms with Gasteiger partial charge in [0.05, 0.1) is 24.8 Å². The van der Waals surface area contributed by atoms with Crippen molar-refractivity contribution in [2.45, 2.75) is 23.9 Å². The fourth-order valence-corrected chi connectivity index (χ4v) is 6.68. The summed E-state index contributed by atoms with van der Waals surface area (Å²) in [5.41, 5.74) is 1.49. The van der Waals surface area contributed by atoms with Crippen molar-refractivity contribution in [3.05, 3.63) is 118 Å². The van der Waals surface area contributed by atoms with Crippen molar-refractivity contribution < 1.29 is 27.5 Å². The van der Waals surface area contributed by atoms with Gasteiger partial charge in [0.1, 0.15) is 12.6 Å². The Hall–Kier alpha value is -4.25. The Labute approximate surface area is 273 Å². The van der Waals surface area contributed by atoms with Gasteiger partial charge in [-0.1, -0.05) is 77.8 Å². The van der Waals surface area contributed by atoms with E-state index < -0.39 is 34.4 Å². The molecule has 236 valence electrons. The zero-order valence-corrected chi connectivity index (χ0v) is 27.3. The van der Waals surface area contributed by atoms with Crippen molar-refractivity contribution in [3.8, 4) is 11.5 Å². The molecular weight excluding hydrogens is 637 g/mol. The van der Waals surface area contributed by atoms with E-state index in [0.717, 1.165) is 9.87 Å². The molecule has 12 heteroatoms. The maximum absolute atomic E-state index is 14.4. The molecule has 9 nitrogen and oxygen atoms in total. The summed E-state index contributed by atoms with van der Waals surface area (Å²) in [6, 6.07) is 25.4. The Morgan fingerprint density at radius 3 is 2.09 bits per heavy atom. The van der Waals surface area contributed by atoms with Crippen LogP contribution in [0, 0.1) is 0 Å². The van der Waals surface area contributed by atoms with Gasteiger partial charge in [-0.3, -0.25) is 13.9 Å². The molecule has 0 aliphatic heterocycles. The van der Waals surface area contributed by atoms with Gasteiger partial charge in [-0.05, 0) is 47.5 Å². The first-order valence-electron chi connectivity index (χ1n) is 13.9. The second-order valence-electron chi connectivity index (χ2n) is 9.94. The van der Waals surface area contributed by atoms with Crippen LogP contribution in [0.2, 0.25) is 10.0 Å². The van der Waals surface area contributed by atoms with Gasteiger partial charge in [0.15, 0.2) is 11.5 Å². The number of carbonyl (C=O) groups excluding carboxylic acids is 2. The van der Waals surface area contributed by atoms with Crippen molar-refractivity contribution >= 4 is 50.7 Å². The largest absolute Gasteiger partial charge is 0.493 e. The zero-order chi connectivity index (χ0) is 32.6. The molecule has 0 bridgehead atoms. The fourth-order valence-electron chi connectivity index (χ4n) is 4.78. The van der Waals surface area contributed by atoms with E-state index in [1.807, 2.05) is 30.3 Å². The van der Waals surface area contributed by atoms with E-state index in [2.05, 4.69) is 5.32 Å². The Balaban J connectivity index is 1.83. The lowest BCUT2D eigenvalue weighted by Gasteiger charge is -2.34. The molecule has 0 fully saturated rings. The van der Waals surface area contributed by atoms with E-state index >= 15 is 0 Å². The Kier molecular flexibility index (Phi) is 11.3. The normalized spacial score (nSPS) is 11.8. The first-order valence-corrected chi connectivity index (χ1v) is 16.1. The van der Waals surface area contributed by atoms with Crippen molar-refractivity contribution in [3.63, 3.8) is 0 Å². The third kappa shape index (κ3) is 8.08. The Morgan fingerprint density at radius 2 is 1.49 bits per heavy atom. The number of amides is 2. The van der Waals surface area contributed by atoms with Crippen LogP contribution in [-0.2, 0) is 32.6 Å². The van der Waals surface area contributed by atoms with Crippen LogP contribution < -0.4 is 19.1 Å². The first-order chi connectivity index (χ1) is 21.6. The van der Waals surface area contributed by atoms with Crippen LogP contribution in [0.15, 0.2) is 102 Å². The average Bonchev–Trinajstić information content (AvgIpc) is 3.06. The minimum Gasteiger partial charge on any atom is -0.493 e. The number of halogens is 2. The number of sulfonamides is 1. The predicted molar refractivity (Wildman–Crippen MR) is 176 cm³/mol. The van der Waals surface area contributed by atoms with Crippen LogP contribution >= 0.6 is 23.2 Å². The molecule has 0 heterocycles. The fraction of sp³-hybridized carbons (Fsp3) is 0.212. The highest BCUT2D eigenvalue weighted by Gasteiger charge is 2.35. The second kappa shape index (κ2) is 15.2. The van der Waals surface area contributed by atoms with Crippen LogP contribution in [0.1, 0.15) is 11.1 Å². The highest BCUT2D eigenvalue weighted by Crippen LogP contribution is 2.34. The van der Waals surface area contributed by atoms with Gasteiger partial charge in [-0.25, -0.2) is 8.42 Å². The van der Waals surface area contributed by atoms with Gasteiger partial charge in [0, 0.05) is 36.1 Å². The van der Waals surface area contributed by atoms with E-state index in [9.17, 15) is 18.0 Å². The summed E-state index contributed by atoms with van der Waals surface area (Å²) in [7, 11) is 0.0931. The minimum atomic E-state index is -4.28. The number of hydrogen-bond donors (Lipinski definition) is 1.